The first kappa shape index (κ1) is 18.8. The van der Waals surface area contributed by atoms with Crippen molar-refractivity contribution in [2.24, 2.45) is 0 Å². The molecule has 5 rings (SSSR count). The molecule has 0 aromatic carbocycles. The molecule has 0 spiro atoms. The Balaban J connectivity index is 1.20. The monoisotopic (exact) mass is 426 g/mol. The van der Waals surface area contributed by atoms with E-state index in [1.165, 1.54) is 10.4 Å². The predicted octanol–water partition coefficient (Wildman–Crippen LogP) is 3.47. The maximum absolute atomic E-state index is 12.7. The lowest BCUT2D eigenvalue weighted by Gasteiger charge is -2.28. The number of aromatic amines is 1. The van der Waals surface area contributed by atoms with Crippen molar-refractivity contribution in [3.8, 4) is 0 Å². The van der Waals surface area contributed by atoms with E-state index < -0.39 is 0 Å². The number of nitrogens with one attached hydrogen (secondary N) is 1. The lowest BCUT2D eigenvalue weighted by Crippen LogP contribution is -2.36. The number of hydrogen-bond acceptors (Lipinski definition) is 6. The summed E-state index contributed by atoms with van der Waals surface area (Å²) in [6, 6.07) is 3.87. The van der Waals surface area contributed by atoms with Crippen molar-refractivity contribution >= 4 is 44.9 Å². The molecule has 0 unspecified atom stereocenters. The van der Waals surface area contributed by atoms with Crippen LogP contribution >= 0.6 is 23.1 Å². The third-order valence-electron chi connectivity index (χ3n) is 5.58. The summed E-state index contributed by atoms with van der Waals surface area (Å²) in [5.41, 5.74) is 3.16. The summed E-state index contributed by atoms with van der Waals surface area (Å²) in [4.78, 5) is 41.3. The largest absolute Gasteiger partial charge is 0.311 e. The van der Waals surface area contributed by atoms with Gasteiger partial charge in [-0.1, -0.05) is 0 Å². The van der Waals surface area contributed by atoms with Gasteiger partial charge >= 0.3 is 0 Å². The van der Waals surface area contributed by atoms with E-state index in [9.17, 15) is 9.59 Å². The molecular weight excluding hydrogens is 404 g/mol. The van der Waals surface area contributed by atoms with E-state index in [1.54, 1.807) is 29.3 Å². The zero-order valence-corrected chi connectivity index (χ0v) is 17.7. The molecule has 1 amide bonds. The quantitative estimate of drug-likeness (QED) is 0.632. The summed E-state index contributed by atoms with van der Waals surface area (Å²) in [6.45, 7) is 0.761. The van der Waals surface area contributed by atoms with E-state index in [2.05, 4.69) is 15.0 Å². The number of carbonyl (C=O) groups excluding carboxylic acids is 1. The molecule has 150 valence electrons. The molecule has 0 bridgehead atoms. The Morgan fingerprint density at radius 1 is 1.28 bits per heavy atom. The normalized spacial score (nSPS) is 15.5. The van der Waals surface area contributed by atoms with Crippen LogP contribution in [-0.4, -0.2) is 33.2 Å². The number of amides is 1. The molecule has 4 heterocycles. The van der Waals surface area contributed by atoms with Crippen molar-refractivity contribution in [2.75, 3.05) is 17.2 Å². The van der Waals surface area contributed by atoms with Crippen LogP contribution in [0.25, 0.3) is 10.2 Å². The molecular formula is C21H22N4O2S2. The van der Waals surface area contributed by atoms with Crippen LogP contribution in [0.2, 0.25) is 0 Å². The van der Waals surface area contributed by atoms with Crippen LogP contribution in [0.5, 0.6) is 0 Å². The van der Waals surface area contributed by atoms with E-state index in [-0.39, 0.29) is 11.5 Å². The minimum atomic E-state index is -0.0153. The van der Waals surface area contributed by atoms with Gasteiger partial charge in [0.05, 0.1) is 22.5 Å². The number of thioether (sulfide) groups is 1. The van der Waals surface area contributed by atoms with Crippen LogP contribution < -0.4 is 10.5 Å². The average Bonchev–Trinajstić information content (AvgIpc) is 3.31. The lowest BCUT2D eigenvalue weighted by molar-refractivity contribution is -0.118. The number of carbonyl (C=O) groups is 1. The number of pyridine rings is 1. The molecule has 0 saturated carbocycles. The SMILES string of the molecule is O=C(CCSCc1nc2sc3c(c2c(=O)[nH]1)CCC3)N1CCCc2ncccc21. The average molecular weight is 427 g/mol. The first-order valence-electron chi connectivity index (χ1n) is 10.1. The van der Waals surface area contributed by atoms with Crippen molar-refractivity contribution in [1.29, 1.82) is 0 Å². The van der Waals surface area contributed by atoms with Gasteiger partial charge in [0, 0.05) is 29.8 Å². The van der Waals surface area contributed by atoms with Gasteiger partial charge < -0.3 is 9.88 Å². The fraction of sp³-hybridized carbons (Fsp3) is 0.429. The van der Waals surface area contributed by atoms with Gasteiger partial charge in [0.15, 0.2) is 0 Å². The van der Waals surface area contributed by atoms with E-state index in [1.807, 2.05) is 17.0 Å². The second kappa shape index (κ2) is 7.91. The number of aryl methyl sites for hydroxylation is 3. The predicted molar refractivity (Wildman–Crippen MR) is 118 cm³/mol. The second-order valence-corrected chi connectivity index (χ2v) is 9.66. The van der Waals surface area contributed by atoms with Crippen molar-refractivity contribution < 1.29 is 4.79 Å². The van der Waals surface area contributed by atoms with Crippen LogP contribution in [0.1, 0.15) is 41.2 Å². The highest BCUT2D eigenvalue weighted by atomic mass is 32.2. The Labute approximate surface area is 176 Å². The summed E-state index contributed by atoms with van der Waals surface area (Å²) in [5, 5.41) is 0.795. The smallest absolute Gasteiger partial charge is 0.259 e. The summed E-state index contributed by atoms with van der Waals surface area (Å²) in [7, 11) is 0. The highest BCUT2D eigenvalue weighted by Gasteiger charge is 2.23. The number of fused-ring (bicyclic) bond motifs is 4. The minimum absolute atomic E-state index is 0.0153. The molecule has 3 aromatic heterocycles. The molecule has 6 nitrogen and oxygen atoms in total. The standard InChI is InChI=1S/C21H22N4O2S2/c26-18(25-10-3-5-14-15(25)6-2-9-22-14)8-11-28-12-17-23-20(27)19-13-4-1-7-16(13)29-21(19)24-17/h2,6,9H,1,3-5,7-8,10-12H2,(H,23,24,27). The number of nitrogens with zero attached hydrogens (tertiary/aromatic N) is 3. The lowest BCUT2D eigenvalue weighted by atomic mass is 10.1. The summed E-state index contributed by atoms with van der Waals surface area (Å²) in [5.74, 6) is 2.15. The van der Waals surface area contributed by atoms with Crippen molar-refractivity contribution in [3.63, 3.8) is 0 Å². The number of rotatable bonds is 5. The van der Waals surface area contributed by atoms with Crippen molar-refractivity contribution in [3.05, 3.63) is 50.6 Å². The van der Waals surface area contributed by atoms with Gasteiger partial charge in [-0.3, -0.25) is 14.6 Å². The van der Waals surface area contributed by atoms with Crippen molar-refractivity contribution in [1.82, 2.24) is 15.0 Å². The van der Waals surface area contributed by atoms with Gasteiger partial charge in [0.2, 0.25) is 5.91 Å². The first-order chi connectivity index (χ1) is 14.2. The number of anilines is 1. The molecule has 29 heavy (non-hydrogen) atoms. The molecule has 0 atom stereocenters. The topological polar surface area (TPSA) is 79.0 Å². The van der Waals surface area contributed by atoms with Crippen LogP contribution in [0.4, 0.5) is 5.69 Å². The fourth-order valence-corrected chi connectivity index (χ4v) is 6.30. The molecule has 0 radical (unpaired) electrons. The van der Waals surface area contributed by atoms with Gasteiger partial charge in [-0.2, -0.15) is 11.8 Å². The van der Waals surface area contributed by atoms with Crippen LogP contribution in [-0.2, 0) is 29.8 Å². The summed E-state index contributed by atoms with van der Waals surface area (Å²) in [6.07, 6.45) is 7.35. The fourth-order valence-electron chi connectivity index (χ4n) is 4.23. The van der Waals surface area contributed by atoms with Crippen LogP contribution in [0.15, 0.2) is 23.1 Å². The van der Waals surface area contributed by atoms with Crippen molar-refractivity contribution in [2.45, 2.75) is 44.3 Å². The zero-order chi connectivity index (χ0) is 19.8. The summed E-state index contributed by atoms with van der Waals surface area (Å²) >= 11 is 3.30. The van der Waals surface area contributed by atoms with E-state index in [0.29, 0.717) is 23.8 Å². The van der Waals surface area contributed by atoms with Crippen LogP contribution in [0.3, 0.4) is 0 Å². The van der Waals surface area contributed by atoms with E-state index >= 15 is 0 Å². The third kappa shape index (κ3) is 3.59. The Kier molecular flexibility index (Phi) is 5.13. The molecule has 0 fully saturated rings. The molecule has 1 aliphatic heterocycles. The molecule has 2 aliphatic rings. The summed E-state index contributed by atoms with van der Waals surface area (Å²) < 4.78 is 0. The Hall–Kier alpha value is -2.19. The first-order valence-corrected chi connectivity index (χ1v) is 12.0. The number of H-pyrrole nitrogens is 1. The van der Waals surface area contributed by atoms with Gasteiger partial charge in [0.25, 0.3) is 5.56 Å². The maximum Gasteiger partial charge on any atom is 0.259 e. The second-order valence-electron chi connectivity index (χ2n) is 7.47. The minimum Gasteiger partial charge on any atom is -0.311 e. The number of hydrogen-bond donors (Lipinski definition) is 1. The van der Waals surface area contributed by atoms with Crippen LogP contribution in [0, 0.1) is 0 Å². The molecule has 1 aliphatic carbocycles. The highest BCUT2D eigenvalue weighted by Crippen LogP contribution is 2.34. The van der Waals surface area contributed by atoms with Gasteiger partial charge in [-0.05, 0) is 49.8 Å². The molecule has 1 N–H and O–H groups in total. The van der Waals surface area contributed by atoms with Gasteiger partial charge in [0.1, 0.15) is 10.7 Å². The number of aromatic nitrogens is 3. The zero-order valence-electron chi connectivity index (χ0n) is 16.1. The Bertz CT molecular complexity index is 1140. The number of thiophene rings is 1. The van der Waals surface area contributed by atoms with E-state index in [0.717, 1.165) is 60.2 Å². The molecule has 3 aromatic rings. The maximum atomic E-state index is 12.7. The Morgan fingerprint density at radius 2 is 2.21 bits per heavy atom. The highest BCUT2D eigenvalue weighted by molar-refractivity contribution is 7.98. The van der Waals surface area contributed by atoms with E-state index in [4.69, 9.17) is 0 Å². The molecule has 8 heteroatoms. The molecule has 0 saturated heterocycles. The van der Waals surface area contributed by atoms with Gasteiger partial charge in [-0.15, -0.1) is 11.3 Å². The Morgan fingerprint density at radius 3 is 3.14 bits per heavy atom. The third-order valence-corrected chi connectivity index (χ3v) is 7.73. The van der Waals surface area contributed by atoms with Gasteiger partial charge in [-0.25, -0.2) is 4.98 Å².